The normalized spacial score (nSPS) is 9.58. The van der Waals surface area contributed by atoms with Crippen LogP contribution in [0, 0.1) is 6.92 Å². The van der Waals surface area contributed by atoms with Gasteiger partial charge in [0.15, 0.2) is 0 Å². The van der Waals surface area contributed by atoms with Crippen molar-refractivity contribution in [3.8, 4) is 5.75 Å². The second-order valence-corrected chi connectivity index (χ2v) is 4.12. The Kier molecular flexibility index (Phi) is 6.26. The summed E-state index contributed by atoms with van der Waals surface area (Å²) in [6, 6.07) is 5.48. The minimum atomic E-state index is -0.149. The van der Waals surface area contributed by atoms with E-state index in [2.05, 4.69) is 15.3 Å². The number of unbranched alkanes of at least 4 members (excludes halogenated alkanes) is 1. The molecule has 0 heterocycles. The number of hydrogen-bond donors (Lipinski definition) is 1. The first-order valence-corrected chi connectivity index (χ1v) is 6.12. The molecule has 0 atom stereocenters. The number of carbonyl (C=O) groups excluding carboxylic acids is 1. The summed E-state index contributed by atoms with van der Waals surface area (Å²) in [4.78, 5) is 14.7. The first kappa shape index (κ1) is 14.9. The number of nitrogens with zero attached hydrogens (tertiary/aromatic N) is 3. The van der Waals surface area contributed by atoms with Crippen molar-refractivity contribution in [2.24, 2.45) is 5.11 Å². The van der Waals surface area contributed by atoms with E-state index in [-0.39, 0.29) is 5.91 Å². The van der Waals surface area contributed by atoms with Crippen LogP contribution in [-0.2, 0) is 0 Å². The third-order valence-corrected chi connectivity index (χ3v) is 2.63. The summed E-state index contributed by atoms with van der Waals surface area (Å²) in [6.45, 7) is 2.94. The van der Waals surface area contributed by atoms with Crippen molar-refractivity contribution in [3.05, 3.63) is 39.8 Å². The van der Waals surface area contributed by atoms with Gasteiger partial charge in [0.25, 0.3) is 5.91 Å². The number of rotatable bonds is 7. The molecule has 0 radical (unpaired) electrons. The Labute approximate surface area is 112 Å². The fourth-order valence-electron chi connectivity index (χ4n) is 1.65. The molecule has 1 N–H and O–H groups in total. The van der Waals surface area contributed by atoms with E-state index in [0.29, 0.717) is 24.4 Å². The van der Waals surface area contributed by atoms with Gasteiger partial charge in [-0.25, -0.2) is 0 Å². The van der Waals surface area contributed by atoms with Crippen LogP contribution in [0.2, 0.25) is 0 Å². The zero-order valence-corrected chi connectivity index (χ0v) is 11.2. The zero-order chi connectivity index (χ0) is 14.1. The molecule has 0 unspecified atom stereocenters. The molecule has 0 aliphatic rings. The van der Waals surface area contributed by atoms with Crippen LogP contribution in [0.25, 0.3) is 10.4 Å². The number of ether oxygens (including phenoxy) is 1. The number of amides is 1. The SMILES string of the molecule is COc1ccc(C)cc1C(=O)NCCCCN=[N+]=[N-]. The van der Waals surface area contributed by atoms with E-state index >= 15 is 0 Å². The quantitative estimate of drug-likeness (QED) is 0.354. The van der Waals surface area contributed by atoms with Gasteiger partial charge in [0, 0.05) is 18.0 Å². The van der Waals surface area contributed by atoms with Crippen LogP contribution >= 0.6 is 0 Å². The Bertz CT molecular complexity index is 482. The fourth-order valence-corrected chi connectivity index (χ4v) is 1.65. The summed E-state index contributed by atoms with van der Waals surface area (Å²) in [5.41, 5.74) is 9.67. The van der Waals surface area contributed by atoms with Crippen molar-refractivity contribution in [1.29, 1.82) is 0 Å². The Balaban J connectivity index is 2.49. The van der Waals surface area contributed by atoms with Gasteiger partial charge in [-0.2, -0.15) is 0 Å². The first-order chi connectivity index (χ1) is 9.19. The van der Waals surface area contributed by atoms with Crippen molar-refractivity contribution in [1.82, 2.24) is 5.32 Å². The number of hydrogen-bond acceptors (Lipinski definition) is 3. The number of aryl methyl sites for hydroxylation is 1. The lowest BCUT2D eigenvalue weighted by Gasteiger charge is -2.09. The molecule has 0 fully saturated rings. The van der Waals surface area contributed by atoms with Gasteiger partial charge in [-0.15, -0.1) is 0 Å². The molecule has 0 bridgehead atoms. The minimum absolute atomic E-state index is 0.149. The molecular weight excluding hydrogens is 244 g/mol. The lowest BCUT2D eigenvalue weighted by molar-refractivity contribution is 0.0950. The summed E-state index contributed by atoms with van der Waals surface area (Å²) in [6.07, 6.45) is 1.54. The number of nitrogens with one attached hydrogen (secondary N) is 1. The minimum Gasteiger partial charge on any atom is -0.496 e. The predicted octanol–water partition coefficient (Wildman–Crippen LogP) is 2.82. The Morgan fingerprint density at radius 2 is 2.26 bits per heavy atom. The Hall–Kier alpha value is -2.20. The number of benzene rings is 1. The van der Waals surface area contributed by atoms with E-state index in [0.717, 1.165) is 18.4 Å². The van der Waals surface area contributed by atoms with Gasteiger partial charge < -0.3 is 10.1 Å². The second kappa shape index (κ2) is 8.00. The highest BCUT2D eigenvalue weighted by Gasteiger charge is 2.11. The lowest BCUT2D eigenvalue weighted by Crippen LogP contribution is -2.25. The maximum absolute atomic E-state index is 12.0. The van der Waals surface area contributed by atoms with Crippen LogP contribution in [0.15, 0.2) is 23.3 Å². The highest BCUT2D eigenvalue weighted by Crippen LogP contribution is 2.19. The van der Waals surface area contributed by atoms with Gasteiger partial charge in [0.1, 0.15) is 5.75 Å². The van der Waals surface area contributed by atoms with E-state index in [9.17, 15) is 4.79 Å². The Morgan fingerprint density at radius 3 is 2.95 bits per heavy atom. The van der Waals surface area contributed by atoms with Gasteiger partial charge in [-0.1, -0.05) is 16.7 Å². The second-order valence-electron chi connectivity index (χ2n) is 4.12. The van der Waals surface area contributed by atoms with Gasteiger partial charge in [-0.3, -0.25) is 4.79 Å². The van der Waals surface area contributed by atoms with Gasteiger partial charge in [0.2, 0.25) is 0 Å². The van der Waals surface area contributed by atoms with Crippen LogP contribution in [0.4, 0.5) is 0 Å². The summed E-state index contributed by atoms with van der Waals surface area (Å²) >= 11 is 0. The van der Waals surface area contributed by atoms with E-state index < -0.39 is 0 Å². The van der Waals surface area contributed by atoms with Crippen molar-refractivity contribution in [2.45, 2.75) is 19.8 Å². The van der Waals surface area contributed by atoms with Crippen molar-refractivity contribution < 1.29 is 9.53 Å². The summed E-state index contributed by atoms with van der Waals surface area (Å²) < 4.78 is 5.16. The molecule has 6 heteroatoms. The molecule has 0 aliphatic heterocycles. The Morgan fingerprint density at radius 1 is 1.47 bits per heavy atom. The van der Waals surface area contributed by atoms with Crippen molar-refractivity contribution in [2.75, 3.05) is 20.2 Å². The van der Waals surface area contributed by atoms with Crippen LogP contribution in [0.5, 0.6) is 5.75 Å². The summed E-state index contributed by atoms with van der Waals surface area (Å²) in [5, 5.41) is 6.26. The average Bonchev–Trinajstić information content (AvgIpc) is 2.42. The third-order valence-electron chi connectivity index (χ3n) is 2.63. The van der Waals surface area contributed by atoms with E-state index in [1.807, 2.05) is 13.0 Å². The molecule has 0 aliphatic carbocycles. The molecule has 0 saturated heterocycles. The van der Waals surface area contributed by atoms with E-state index in [1.165, 1.54) is 0 Å². The third kappa shape index (κ3) is 4.89. The van der Waals surface area contributed by atoms with Crippen molar-refractivity contribution >= 4 is 5.91 Å². The smallest absolute Gasteiger partial charge is 0.255 e. The van der Waals surface area contributed by atoms with E-state index in [1.54, 1.807) is 19.2 Å². The molecule has 102 valence electrons. The molecule has 1 aromatic rings. The average molecular weight is 262 g/mol. The molecule has 0 spiro atoms. The molecule has 19 heavy (non-hydrogen) atoms. The fraction of sp³-hybridized carbons (Fsp3) is 0.462. The first-order valence-electron chi connectivity index (χ1n) is 6.12. The number of azide groups is 1. The highest BCUT2D eigenvalue weighted by atomic mass is 16.5. The largest absolute Gasteiger partial charge is 0.496 e. The lowest BCUT2D eigenvalue weighted by atomic mass is 10.1. The van der Waals surface area contributed by atoms with Crippen LogP contribution in [0.3, 0.4) is 0 Å². The van der Waals surface area contributed by atoms with E-state index in [4.69, 9.17) is 10.3 Å². The predicted molar refractivity (Wildman–Crippen MR) is 73.3 cm³/mol. The van der Waals surface area contributed by atoms with Crippen LogP contribution in [-0.4, -0.2) is 26.1 Å². The molecule has 0 saturated carbocycles. The van der Waals surface area contributed by atoms with Gasteiger partial charge >= 0.3 is 0 Å². The van der Waals surface area contributed by atoms with Crippen LogP contribution < -0.4 is 10.1 Å². The molecule has 0 aromatic heterocycles. The number of carbonyl (C=O) groups is 1. The van der Waals surface area contributed by atoms with Crippen molar-refractivity contribution in [3.63, 3.8) is 0 Å². The van der Waals surface area contributed by atoms with Crippen LogP contribution in [0.1, 0.15) is 28.8 Å². The monoisotopic (exact) mass is 262 g/mol. The molecular formula is C13H18N4O2. The standard InChI is InChI=1S/C13H18N4O2/c1-10-5-6-12(19-2)11(9-10)13(18)15-7-3-4-8-16-17-14/h5-6,9H,3-4,7-8H2,1-2H3,(H,15,18). The number of methoxy groups -OCH3 is 1. The molecule has 6 nitrogen and oxygen atoms in total. The summed E-state index contributed by atoms with van der Waals surface area (Å²) in [7, 11) is 1.54. The maximum Gasteiger partial charge on any atom is 0.255 e. The van der Waals surface area contributed by atoms with Gasteiger partial charge in [0.05, 0.1) is 12.7 Å². The molecule has 1 amide bonds. The highest BCUT2D eigenvalue weighted by molar-refractivity contribution is 5.97. The molecule has 1 rings (SSSR count). The maximum atomic E-state index is 12.0. The van der Waals surface area contributed by atoms with Gasteiger partial charge in [-0.05, 0) is 37.4 Å². The summed E-state index contributed by atoms with van der Waals surface area (Å²) in [5.74, 6) is 0.418. The zero-order valence-electron chi connectivity index (χ0n) is 11.2. The molecule has 1 aromatic carbocycles. The topological polar surface area (TPSA) is 87.1 Å².